The number of carbonyl (C=O) groups excluding carboxylic acids is 1. The highest BCUT2D eigenvalue weighted by atomic mass is 16.4. The fraction of sp³-hybridized carbons (Fsp3) is 0.214. The molecule has 0 unspecified atom stereocenters. The number of benzene rings is 1. The minimum absolute atomic E-state index is 0.0922. The molecule has 1 N–H and O–H groups in total. The molecule has 1 aliphatic heterocycles. The van der Waals surface area contributed by atoms with E-state index in [0.29, 0.717) is 18.4 Å². The van der Waals surface area contributed by atoms with Crippen LogP contribution >= 0.6 is 0 Å². The fourth-order valence-corrected chi connectivity index (χ4v) is 2.29. The maximum absolute atomic E-state index is 11.6. The van der Waals surface area contributed by atoms with Crippen molar-refractivity contribution < 1.29 is 19.1 Å². The minimum atomic E-state index is -1.12. The van der Waals surface area contributed by atoms with Gasteiger partial charge in [0.25, 0.3) is 0 Å². The summed E-state index contributed by atoms with van der Waals surface area (Å²) in [6.45, 7) is 0. The van der Waals surface area contributed by atoms with Crippen molar-refractivity contribution in [2.75, 3.05) is 11.9 Å². The number of carboxylic acid groups (broad SMARTS) is 1. The van der Waals surface area contributed by atoms with E-state index in [1.54, 1.807) is 18.0 Å². The molecule has 0 fully saturated rings. The Morgan fingerprint density at radius 1 is 1.40 bits per heavy atom. The van der Waals surface area contributed by atoms with Crippen LogP contribution in [-0.2, 0) is 11.2 Å². The molecule has 1 aliphatic rings. The maximum Gasteiger partial charge on any atom is 0.357 e. The van der Waals surface area contributed by atoms with Gasteiger partial charge in [-0.2, -0.15) is 0 Å². The summed E-state index contributed by atoms with van der Waals surface area (Å²) in [5, 5.41) is 8.83. The van der Waals surface area contributed by atoms with Crippen molar-refractivity contribution in [3.8, 4) is 11.5 Å². The number of aromatic carboxylic acids is 1. The molecule has 1 aromatic carbocycles. The number of aromatic nitrogens is 1. The Bertz CT molecular complexity index is 705. The van der Waals surface area contributed by atoms with Crippen LogP contribution in [-0.4, -0.2) is 29.0 Å². The van der Waals surface area contributed by atoms with E-state index in [1.165, 1.54) is 0 Å². The van der Waals surface area contributed by atoms with Crippen LogP contribution in [0.4, 0.5) is 5.69 Å². The van der Waals surface area contributed by atoms with Gasteiger partial charge in [0.1, 0.15) is 6.26 Å². The highest BCUT2D eigenvalue weighted by Gasteiger charge is 2.22. The van der Waals surface area contributed by atoms with Gasteiger partial charge in [0.15, 0.2) is 5.69 Å². The number of nitrogens with zero attached hydrogens (tertiary/aromatic N) is 2. The number of hydrogen-bond acceptors (Lipinski definition) is 4. The zero-order valence-corrected chi connectivity index (χ0v) is 10.8. The lowest BCUT2D eigenvalue weighted by Gasteiger charge is -2.25. The van der Waals surface area contributed by atoms with E-state index in [1.807, 2.05) is 12.1 Å². The summed E-state index contributed by atoms with van der Waals surface area (Å²) in [7, 11) is 1.74. The number of oxazole rings is 1. The third kappa shape index (κ3) is 1.95. The van der Waals surface area contributed by atoms with Crippen LogP contribution in [0.25, 0.3) is 11.5 Å². The number of carbonyl (C=O) groups is 2. The zero-order valence-electron chi connectivity index (χ0n) is 10.8. The molecule has 1 amide bonds. The molecular weight excluding hydrogens is 260 g/mol. The summed E-state index contributed by atoms with van der Waals surface area (Å²) in [6.07, 6.45) is 2.25. The molecule has 0 spiro atoms. The van der Waals surface area contributed by atoms with Crippen molar-refractivity contribution >= 4 is 17.6 Å². The van der Waals surface area contributed by atoms with Crippen LogP contribution in [0.15, 0.2) is 28.9 Å². The van der Waals surface area contributed by atoms with E-state index < -0.39 is 5.97 Å². The Labute approximate surface area is 114 Å². The lowest BCUT2D eigenvalue weighted by atomic mass is 9.99. The van der Waals surface area contributed by atoms with Gasteiger partial charge < -0.3 is 14.4 Å². The van der Waals surface area contributed by atoms with Gasteiger partial charge in [-0.05, 0) is 30.2 Å². The zero-order chi connectivity index (χ0) is 14.3. The molecule has 0 saturated heterocycles. The number of amides is 1. The topological polar surface area (TPSA) is 83.6 Å². The van der Waals surface area contributed by atoms with Crippen LogP contribution in [0.3, 0.4) is 0 Å². The van der Waals surface area contributed by atoms with E-state index >= 15 is 0 Å². The predicted octanol–water partition coefficient (Wildman–Crippen LogP) is 1.95. The summed E-state index contributed by atoms with van der Waals surface area (Å²) in [6, 6.07) is 5.48. The van der Waals surface area contributed by atoms with E-state index in [9.17, 15) is 9.59 Å². The second-order valence-corrected chi connectivity index (χ2v) is 4.64. The highest BCUT2D eigenvalue weighted by molar-refractivity contribution is 5.96. The third-order valence-corrected chi connectivity index (χ3v) is 3.39. The number of carboxylic acids is 1. The van der Waals surface area contributed by atoms with Gasteiger partial charge in [-0.25, -0.2) is 9.78 Å². The van der Waals surface area contributed by atoms with Gasteiger partial charge in [0.2, 0.25) is 11.8 Å². The highest BCUT2D eigenvalue weighted by Crippen LogP contribution is 2.31. The molecule has 0 aliphatic carbocycles. The Morgan fingerprint density at radius 3 is 2.90 bits per heavy atom. The third-order valence-electron chi connectivity index (χ3n) is 3.39. The van der Waals surface area contributed by atoms with Gasteiger partial charge in [0, 0.05) is 24.7 Å². The fourth-order valence-electron chi connectivity index (χ4n) is 2.29. The summed E-state index contributed by atoms with van der Waals surface area (Å²) >= 11 is 0. The molecule has 2 aromatic rings. The SMILES string of the molecule is CN1C(=O)CCc2cc(-c3nc(C(=O)O)co3)ccc21. The van der Waals surface area contributed by atoms with Crippen LogP contribution in [0, 0.1) is 0 Å². The van der Waals surface area contributed by atoms with E-state index in [0.717, 1.165) is 17.5 Å². The molecule has 1 aromatic heterocycles. The van der Waals surface area contributed by atoms with Crippen molar-refractivity contribution in [3.05, 3.63) is 35.7 Å². The Morgan fingerprint density at radius 2 is 2.20 bits per heavy atom. The van der Waals surface area contributed by atoms with Gasteiger partial charge >= 0.3 is 5.97 Å². The summed E-state index contributed by atoms with van der Waals surface area (Å²) in [5.74, 6) is -0.761. The summed E-state index contributed by atoms with van der Waals surface area (Å²) < 4.78 is 5.18. The predicted molar refractivity (Wildman–Crippen MR) is 70.6 cm³/mol. The smallest absolute Gasteiger partial charge is 0.357 e. The molecule has 3 rings (SSSR count). The molecule has 20 heavy (non-hydrogen) atoms. The largest absolute Gasteiger partial charge is 0.476 e. The Hall–Kier alpha value is -2.63. The van der Waals surface area contributed by atoms with Gasteiger partial charge in [0.05, 0.1) is 0 Å². The molecular formula is C14H12N2O4. The first-order valence-corrected chi connectivity index (χ1v) is 6.15. The lowest BCUT2D eigenvalue weighted by Crippen LogP contribution is -2.30. The monoisotopic (exact) mass is 272 g/mol. The van der Waals surface area contributed by atoms with Crippen LogP contribution in [0.2, 0.25) is 0 Å². The molecule has 0 bridgehead atoms. The van der Waals surface area contributed by atoms with E-state index in [4.69, 9.17) is 9.52 Å². The van der Waals surface area contributed by atoms with Crippen molar-refractivity contribution in [1.29, 1.82) is 0 Å². The van der Waals surface area contributed by atoms with E-state index in [-0.39, 0.29) is 17.5 Å². The quantitative estimate of drug-likeness (QED) is 0.903. The first-order valence-electron chi connectivity index (χ1n) is 6.15. The average Bonchev–Trinajstić information content (AvgIpc) is 2.92. The van der Waals surface area contributed by atoms with Gasteiger partial charge in [-0.15, -0.1) is 0 Å². The maximum atomic E-state index is 11.6. The second kappa shape index (κ2) is 4.48. The van der Waals surface area contributed by atoms with Crippen molar-refractivity contribution in [3.63, 3.8) is 0 Å². The molecule has 2 heterocycles. The number of hydrogen-bond donors (Lipinski definition) is 1. The average molecular weight is 272 g/mol. The van der Waals surface area contributed by atoms with E-state index in [2.05, 4.69) is 4.98 Å². The van der Waals surface area contributed by atoms with Crippen molar-refractivity contribution in [2.45, 2.75) is 12.8 Å². The summed E-state index contributed by atoms with van der Waals surface area (Å²) in [4.78, 5) is 28.0. The first-order chi connectivity index (χ1) is 9.56. The van der Waals surface area contributed by atoms with Crippen LogP contribution in [0.5, 0.6) is 0 Å². The standard InChI is InChI=1S/C14H12N2O4/c1-16-11-4-2-9(6-8(11)3-5-12(16)17)13-15-10(7-20-13)14(18)19/h2,4,6-7H,3,5H2,1H3,(H,18,19). The Kier molecular flexibility index (Phi) is 2.78. The molecule has 0 atom stereocenters. The molecule has 6 nitrogen and oxygen atoms in total. The van der Waals surface area contributed by atoms with Crippen LogP contribution < -0.4 is 4.90 Å². The molecule has 0 saturated carbocycles. The number of rotatable bonds is 2. The normalized spacial score (nSPS) is 14.2. The summed E-state index contributed by atoms with van der Waals surface area (Å²) in [5.41, 5.74) is 2.48. The van der Waals surface area contributed by atoms with Crippen molar-refractivity contribution in [2.24, 2.45) is 0 Å². The molecule has 6 heteroatoms. The molecule has 102 valence electrons. The number of aryl methyl sites for hydroxylation is 1. The second-order valence-electron chi connectivity index (χ2n) is 4.64. The lowest BCUT2D eigenvalue weighted by molar-refractivity contribution is -0.118. The van der Waals surface area contributed by atoms with Gasteiger partial charge in [-0.3, -0.25) is 4.79 Å². The van der Waals surface area contributed by atoms with Crippen molar-refractivity contribution in [1.82, 2.24) is 4.98 Å². The number of fused-ring (bicyclic) bond motifs is 1. The number of anilines is 1. The Balaban J connectivity index is 2.00. The van der Waals surface area contributed by atoms with Crippen LogP contribution in [0.1, 0.15) is 22.5 Å². The molecule has 0 radical (unpaired) electrons. The van der Waals surface area contributed by atoms with Gasteiger partial charge in [-0.1, -0.05) is 0 Å². The first kappa shape index (κ1) is 12.4. The minimum Gasteiger partial charge on any atom is -0.476 e.